The predicted molar refractivity (Wildman–Crippen MR) is 79.5 cm³/mol. The Morgan fingerprint density at radius 2 is 2.14 bits per heavy atom. The van der Waals surface area contributed by atoms with Gasteiger partial charge in [-0.15, -0.1) is 0 Å². The fraction of sp³-hybridized carbons (Fsp3) is 0.533. The van der Waals surface area contributed by atoms with Crippen LogP contribution in [0, 0.1) is 16.0 Å². The number of nitrogens with two attached hydrogens (primary N) is 1. The zero-order valence-corrected chi connectivity index (χ0v) is 12.2. The molecule has 0 aromatic heterocycles. The Bertz CT molecular complexity index is 529. The van der Waals surface area contributed by atoms with Crippen LogP contribution in [0.15, 0.2) is 24.3 Å². The molecular formula is C15H21N3O3. The first-order valence-corrected chi connectivity index (χ1v) is 7.21. The minimum atomic E-state index is -0.779. The van der Waals surface area contributed by atoms with Crippen molar-refractivity contribution in [3.05, 3.63) is 39.9 Å². The van der Waals surface area contributed by atoms with E-state index in [9.17, 15) is 14.9 Å². The molecular weight excluding hydrogens is 270 g/mol. The van der Waals surface area contributed by atoms with Gasteiger partial charge >= 0.3 is 0 Å². The van der Waals surface area contributed by atoms with Gasteiger partial charge in [0.1, 0.15) is 0 Å². The Kier molecular flexibility index (Phi) is 4.57. The topological polar surface area (TPSA) is 98.3 Å². The van der Waals surface area contributed by atoms with E-state index in [2.05, 4.69) is 12.2 Å². The quantitative estimate of drug-likeness (QED) is 0.655. The summed E-state index contributed by atoms with van der Waals surface area (Å²) in [7, 11) is 0. The van der Waals surface area contributed by atoms with Gasteiger partial charge in [0.25, 0.3) is 5.69 Å². The minimum absolute atomic E-state index is 0.0430. The highest BCUT2D eigenvalue weighted by Gasteiger charge is 2.37. The standard InChI is InChI=1S/C15H21N3O3/c1-11-3-2-8-15(16,9-11)14(19)17-10-12-4-6-13(7-5-12)18(20)21/h4-7,11H,2-3,8-10,16H2,1H3,(H,17,19). The molecule has 0 aliphatic heterocycles. The van der Waals surface area contributed by atoms with E-state index in [0.29, 0.717) is 25.3 Å². The van der Waals surface area contributed by atoms with E-state index in [1.54, 1.807) is 12.1 Å². The van der Waals surface area contributed by atoms with Gasteiger partial charge in [-0.25, -0.2) is 0 Å². The maximum atomic E-state index is 12.3. The van der Waals surface area contributed by atoms with Crippen LogP contribution in [0.5, 0.6) is 0 Å². The number of amides is 1. The number of hydrogen-bond donors (Lipinski definition) is 2. The first kappa shape index (κ1) is 15.4. The zero-order valence-electron chi connectivity index (χ0n) is 12.2. The van der Waals surface area contributed by atoms with Gasteiger partial charge in [-0.2, -0.15) is 0 Å². The molecule has 2 atom stereocenters. The first-order chi connectivity index (χ1) is 9.90. The normalized spacial score (nSPS) is 25.3. The van der Waals surface area contributed by atoms with Crippen LogP contribution in [-0.2, 0) is 11.3 Å². The minimum Gasteiger partial charge on any atom is -0.350 e. The SMILES string of the molecule is CC1CCCC(N)(C(=O)NCc2ccc([N+](=O)[O-])cc2)C1. The van der Waals surface area contributed by atoms with Gasteiger partial charge in [-0.05, 0) is 24.3 Å². The summed E-state index contributed by atoms with van der Waals surface area (Å²) in [4.78, 5) is 22.4. The molecule has 2 rings (SSSR count). The fourth-order valence-corrected chi connectivity index (χ4v) is 2.89. The summed E-state index contributed by atoms with van der Waals surface area (Å²) < 4.78 is 0. The molecule has 6 nitrogen and oxygen atoms in total. The third kappa shape index (κ3) is 3.78. The highest BCUT2D eigenvalue weighted by Crippen LogP contribution is 2.30. The van der Waals surface area contributed by atoms with E-state index in [-0.39, 0.29) is 11.6 Å². The van der Waals surface area contributed by atoms with Crippen LogP contribution in [0.3, 0.4) is 0 Å². The molecule has 0 bridgehead atoms. The number of hydrogen-bond acceptors (Lipinski definition) is 4. The number of nitro groups is 1. The monoisotopic (exact) mass is 291 g/mol. The van der Waals surface area contributed by atoms with Crippen molar-refractivity contribution in [2.75, 3.05) is 0 Å². The number of nitrogens with zero attached hydrogens (tertiary/aromatic N) is 1. The number of benzene rings is 1. The van der Waals surface area contributed by atoms with E-state index in [4.69, 9.17) is 5.73 Å². The van der Waals surface area contributed by atoms with Crippen molar-refractivity contribution >= 4 is 11.6 Å². The lowest BCUT2D eigenvalue weighted by Crippen LogP contribution is -2.56. The number of carbonyl (C=O) groups excluding carboxylic acids is 1. The lowest BCUT2D eigenvalue weighted by molar-refractivity contribution is -0.384. The molecule has 1 aliphatic carbocycles. The van der Waals surface area contributed by atoms with Crippen molar-refractivity contribution in [2.45, 2.75) is 44.7 Å². The third-order valence-corrected chi connectivity index (χ3v) is 4.08. The van der Waals surface area contributed by atoms with E-state index in [1.807, 2.05) is 0 Å². The summed E-state index contributed by atoms with van der Waals surface area (Å²) in [5, 5.41) is 13.4. The van der Waals surface area contributed by atoms with Crippen LogP contribution in [0.4, 0.5) is 5.69 Å². The van der Waals surface area contributed by atoms with Crippen molar-refractivity contribution in [1.82, 2.24) is 5.32 Å². The summed E-state index contributed by atoms with van der Waals surface area (Å²) >= 11 is 0. The van der Waals surface area contributed by atoms with Crippen LogP contribution in [0.25, 0.3) is 0 Å². The number of rotatable bonds is 4. The molecule has 1 aromatic carbocycles. The largest absolute Gasteiger partial charge is 0.350 e. The number of carbonyl (C=O) groups is 1. The highest BCUT2D eigenvalue weighted by atomic mass is 16.6. The molecule has 1 fully saturated rings. The average Bonchev–Trinajstić information content (AvgIpc) is 2.44. The van der Waals surface area contributed by atoms with Crippen LogP contribution >= 0.6 is 0 Å². The highest BCUT2D eigenvalue weighted by molar-refractivity contribution is 5.86. The zero-order chi connectivity index (χ0) is 15.5. The van der Waals surface area contributed by atoms with Crippen molar-refractivity contribution in [3.63, 3.8) is 0 Å². The maximum absolute atomic E-state index is 12.3. The molecule has 0 radical (unpaired) electrons. The molecule has 1 aliphatic rings. The van der Waals surface area contributed by atoms with E-state index in [0.717, 1.165) is 18.4 Å². The van der Waals surface area contributed by atoms with E-state index < -0.39 is 10.5 Å². The Morgan fingerprint density at radius 1 is 1.48 bits per heavy atom. The van der Waals surface area contributed by atoms with Gasteiger partial charge in [-0.1, -0.05) is 31.9 Å². The van der Waals surface area contributed by atoms with E-state index >= 15 is 0 Å². The summed E-state index contributed by atoms with van der Waals surface area (Å²) in [6.45, 7) is 2.45. The Hall–Kier alpha value is -1.95. The van der Waals surface area contributed by atoms with Crippen LogP contribution in [-0.4, -0.2) is 16.4 Å². The maximum Gasteiger partial charge on any atom is 0.269 e. The second kappa shape index (κ2) is 6.22. The predicted octanol–water partition coefficient (Wildman–Crippen LogP) is 2.12. The Balaban J connectivity index is 1.92. The lowest BCUT2D eigenvalue weighted by atomic mass is 9.76. The first-order valence-electron chi connectivity index (χ1n) is 7.21. The molecule has 6 heteroatoms. The molecule has 1 saturated carbocycles. The molecule has 1 amide bonds. The lowest BCUT2D eigenvalue weighted by Gasteiger charge is -2.35. The number of nitro benzene ring substituents is 1. The van der Waals surface area contributed by atoms with E-state index in [1.165, 1.54) is 12.1 Å². The van der Waals surface area contributed by atoms with Gasteiger partial charge < -0.3 is 11.1 Å². The second-order valence-corrected chi connectivity index (χ2v) is 5.96. The smallest absolute Gasteiger partial charge is 0.269 e. The molecule has 1 aromatic rings. The molecule has 114 valence electrons. The van der Waals surface area contributed by atoms with Crippen molar-refractivity contribution < 1.29 is 9.72 Å². The third-order valence-electron chi connectivity index (χ3n) is 4.08. The molecule has 0 spiro atoms. The van der Waals surface area contributed by atoms with Crippen LogP contribution < -0.4 is 11.1 Å². The van der Waals surface area contributed by atoms with Gasteiger partial charge in [0, 0.05) is 18.7 Å². The summed E-state index contributed by atoms with van der Waals surface area (Å²) in [6, 6.07) is 6.15. The van der Waals surface area contributed by atoms with Gasteiger partial charge in [0.05, 0.1) is 10.5 Å². The van der Waals surface area contributed by atoms with Gasteiger partial charge in [0.15, 0.2) is 0 Å². The molecule has 21 heavy (non-hydrogen) atoms. The van der Waals surface area contributed by atoms with Crippen molar-refractivity contribution in [3.8, 4) is 0 Å². The Labute approximate surface area is 123 Å². The summed E-state index contributed by atoms with van der Waals surface area (Å²) in [5.41, 5.74) is 6.30. The number of non-ortho nitro benzene ring substituents is 1. The fourth-order valence-electron chi connectivity index (χ4n) is 2.89. The number of nitrogens with one attached hydrogen (secondary N) is 1. The Morgan fingerprint density at radius 3 is 2.71 bits per heavy atom. The van der Waals surface area contributed by atoms with Gasteiger partial charge in [-0.3, -0.25) is 14.9 Å². The summed E-state index contributed by atoms with van der Waals surface area (Å²) in [5.74, 6) is 0.335. The van der Waals surface area contributed by atoms with Crippen LogP contribution in [0.2, 0.25) is 0 Å². The summed E-state index contributed by atoms with van der Waals surface area (Å²) in [6.07, 6.45) is 3.51. The molecule has 2 unspecified atom stereocenters. The molecule has 0 saturated heterocycles. The van der Waals surface area contributed by atoms with Gasteiger partial charge in [0.2, 0.25) is 5.91 Å². The molecule has 0 heterocycles. The molecule has 3 N–H and O–H groups in total. The van der Waals surface area contributed by atoms with Crippen molar-refractivity contribution in [2.24, 2.45) is 11.7 Å². The average molecular weight is 291 g/mol. The second-order valence-electron chi connectivity index (χ2n) is 5.96. The van der Waals surface area contributed by atoms with Crippen LogP contribution in [0.1, 0.15) is 38.2 Å². The van der Waals surface area contributed by atoms with Crippen molar-refractivity contribution in [1.29, 1.82) is 0 Å².